The number of alkyl halides is 1. The minimum absolute atomic E-state index is 0.0577. The predicted molar refractivity (Wildman–Crippen MR) is 150 cm³/mol. The van der Waals surface area contributed by atoms with Gasteiger partial charge >= 0.3 is 5.97 Å². The molecular formula is C32H46FN3O3. The van der Waals surface area contributed by atoms with E-state index in [0.29, 0.717) is 42.6 Å². The van der Waals surface area contributed by atoms with E-state index < -0.39 is 18.1 Å². The minimum atomic E-state index is -0.827. The summed E-state index contributed by atoms with van der Waals surface area (Å²) < 4.78 is 13.8. The molecule has 2 N–H and O–H groups in total. The summed E-state index contributed by atoms with van der Waals surface area (Å²) in [6.07, 6.45) is 13.3. The molecule has 1 saturated heterocycles. The number of allylic oxidation sites excluding steroid dienone is 4. The maximum atomic E-state index is 13.8. The van der Waals surface area contributed by atoms with Crippen LogP contribution >= 0.6 is 0 Å². The summed E-state index contributed by atoms with van der Waals surface area (Å²) in [5.41, 5.74) is 4.67. The summed E-state index contributed by atoms with van der Waals surface area (Å²) in [4.78, 5) is 29.8. The first-order valence-corrected chi connectivity index (χ1v) is 15.6. The fourth-order valence-corrected chi connectivity index (χ4v) is 8.13. The third kappa shape index (κ3) is 5.57. The highest BCUT2D eigenvalue weighted by molar-refractivity contribution is 5.96. The van der Waals surface area contributed by atoms with Gasteiger partial charge in [0.1, 0.15) is 6.17 Å². The van der Waals surface area contributed by atoms with E-state index in [1.165, 1.54) is 24.8 Å². The molecule has 6 aliphatic rings. The Morgan fingerprint density at radius 3 is 2.54 bits per heavy atom. The number of carboxylic acid groups (broad SMARTS) is 1. The Morgan fingerprint density at radius 2 is 1.87 bits per heavy atom. The summed E-state index contributed by atoms with van der Waals surface area (Å²) in [6, 6.07) is 0.107. The van der Waals surface area contributed by atoms with Crippen LogP contribution in [0.3, 0.4) is 0 Å². The first-order chi connectivity index (χ1) is 18.8. The van der Waals surface area contributed by atoms with Gasteiger partial charge in [0.25, 0.3) is 5.91 Å². The van der Waals surface area contributed by atoms with Crippen LogP contribution in [0.1, 0.15) is 78.1 Å². The largest absolute Gasteiger partial charge is 0.481 e. The van der Waals surface area contributed by atoms with Crippen molar-refractivity contribution >= 4 is 11.9 Å². The Bertz CT molecular complexity index is 1070. The van der Waals surface area contributed by atoms with E-state index in [-0.39, 0.29) is 18.0 Å². The monoisotopic (exact) mass is 539 g/mol. The van der Waals surface area contributed by atoms with Crippen LogP contribution in [0, 0.1) is 29.6 Å². The number of halogens is 1. The van der Waals surface area contributed by atoms with Crippen molar-refractivity contribution in [3.05, 3.63) is 34.6 Å². The number of amides is 1. The molecule has 6 nitrogen and oxygen atoms in total. The average Bonchev–Trinajstić information content (AvgIpc) is 3.76. The molecule has 1 unspecified atom stereocenters. The SMILES string of the molecule is CC1C=C(C2=CC[C@H](F)CC2)[C@@H](C2CC2)C[C@H]1CN1CCC(N2CCC3=C(C[C@H](C(=O)O)[C@H](C)N3)C2=O)CC1. The molecule has 2 fully saturated rings. The molecule has 0 aromatic carbocycles. The fourth-order valence-electron chi connectivity index (χ4n) is 8.13. The molecule has 1 saturated carbocycles. The van der Waals surface area contributed by atoms with Crippen molar-refractivity contribution in [1.82, 2.24) is 15.1 Å². The van der Waals surface area contributed by atoms with E-state index in [1.807, 2.05) is 11.8 Å². The molecule has 0 radical (unpaired) electrons. The summed E-state index contributed by atoms with van der Waals surface area (Å²) in [5.74, 6) is 1.35. The zero-order valence-electron chi connectivity index (χ0n) is 23.7. The van der Waals surface area contributed by atoms with Gasteiger partial charge in [-0.2, -0.15) is 0 Å². The van der Waals surface area contributed by atoms with E-state index in [9.17, 15) is 19.1 Å². The normalized spacial score (nSPS) is 36.7. The van der Waals surface area contributed by atoms with Crippen LogP contribution < -0.4 is 5.32 Å². The molecule has 3 aliphatic carbocycles. The van der Waals surface area contributed by atoms with Gasteiger partial charge in [-0.1, -0.05) is 19.1 Å². The van der Waals surface area contributed by atoms with Gasteiger partial charge in [0.05, 0.1) is 5.92 Å². The number of piperidine rings is 1. The van der Waals surface area contributed by atoms with Crippen LogP contribution in [0.15, 0.2) is 34.6 Å². The molecule has 0 aromatic heterocycles. The molecule has 0 bridgehead atoms. The second-order valence-corrected chi connectivity index (χ2v) is 13.3. The number of aliphatic carboxylic acids is 1. The van der Waals surface area contributed by atoms with E-state index in [2.05, 4.69) is 29.3 Å². The van der Waals surface area contributed by atoms with Gasteiger partial charge in [0.15, 0.2) is 0 Å². The van der Waals surface area contributed by atoms with Gasteiger partial charge in [0.2, 0.25) is 0 Å². The van der Waals surface area contributed by atoms with Gasteiger partial charge < -0.3 is 20.2 Å². The van der Waals surface area contributed by atoms with Crippen LogP contribution in [-0.4, -0.2) is 71.2 Å². The third-order valence-electron chi connectivity index (χ3n) is 10.8. The van der Waals surface area contributed by atoms with Crippen molar-refractivity contribution in [1.29, 1.82) is 0 Å². The Morgan fingerprint density at radius 1 is 1.10 bits per heavy atom. The molecule has 3 heterocycles. The Hall–Kier alpha value is -2.15. The van der Waals surface area contributed by atoms with Crippen molar-refractivity contribution in [2.75, 3.05) is 26.2 Å². The highest BCUT2D eigenvalue weighted by Crippen LogP contribution is 2.50. The summed E-state index contributed by atoms with van der Waals surface area (Å²) in [7, 11) is 0. The number of carboxylic acids is 1. The first kappa shape index (κ1) is 27.0. The Balaban J connectivity index is 1.05. The molecule has 6 rings (SSSR count). The second-order valence-electron chi connectivity index (χ2n) is 13.3. The molecule has 0 spiro atoms. The van der Waals surface area contributed by atoms with Crippen molar-refractivity contribution in [3.63, 3.8) is 0 Å². The average molecular weight is 540 g/mol. The zero-order chi connectivity index (χ0) is 27.3. The highest BCUT2D eigenvalue weighted by Gasteiger charge is 2.42. The number of nitrogens with one attached hydrogen (secondary N) is 1. The van der Waals surface area contributed by atoms with Gasteiger partial charge in [0, 0.05) is 56.0 Å². The van der Waals surface area contributed by atoms with Gasteiger partial charge in [-0.3, -0.25) is 9.59 Å². The smallest absolute Gasteiger partial charge is 0.308 e. The van der Waals surface area contributed by atoms with Gasteiger partial charge in [-0.05, 0) is 99.5 Å². The number of likely N-dealkylation sites (tertiary alicyclic amines) is 1. The quantitative estimate of drug-likeness (QED) is 0.493. The van der Waals surface area contributed by atoms with Crippen molar-refractivity contribution in [3.8, 4) is 0 Å². The van der Waals surface area contributed by atoms with Crippen LogP contribution in [-0.2, 0) is 9.59 Å². The lowest BCUT2D eigenvalue weighted by atomic mass is 9.70. The highest BCUT2D eigenvalue weighted by atomic mass is 19.1. The van der Waals surface area contributed by atoms with E-state index in [1.54, 1.807) is 5.57 Å². The van der Waals surface area contributed by atoms with Crippen molar-refractivity contribution in [2.24, 2.45) is 29.6 Å². The molecule has 7 heteroatoms. The first-order valence-electron chi connectivity index (χ1n) is 15.6. The van der Waals surface area contributed by atoms with Gasteiger partial charge in [-0.15, -0.1) is 0 Å². The summed E-state index contributed by atoms with van der Waals surface area (Å²) in [6.45, 7) is 8.17. The van der Waals surface area contributed by atoms with Crippen molar-refractivity contribution in [2.45, 2.75) is 96.3 Å². The van der Waals surface area contributed by atoms with Crippen LogP contribution in [0.25, 0.3) is 0 Å². The zero-order valence-corrected chi connectivity index (χ0v) is 23.7. The lowest BCUT2D eigenvalue weighted by Gasteiger charge is -2.44. The maximum Gasteiger partial charge on any atom is 0.308 e. The molecule has 39 heavy (non-hydrogen) atoms. The lowest BCUT2D eigenvalue weighted by Crippen LogP contribution is -2.54. The lowest BCUT2D eigenvalue weighted by molar-refractivity contribution is -0.143. The van der Waals surface area contributed by atoms with Crippen LogP contribution in [0.2, 0.25) is 0 Å². The second kappa shape index (κ2) is 11.0. The van der Waals surface area contributed by atoms with Gasteiger partial charge in [-0.25, -0.2) is 4.39 Å². The molecule has 6 atom stereocenters. The predicted octanol–water partition coefficient (Wildman–Crippen LogP) is 5.08. The van der Waals surface area contributed by atoms with Crippen LogP contribution in [0.4, 0.5) is 4.39 Å². The standard InChI is InChI=1S/C32H46FN3O3/c1-19-15-27(22-5-7-24(33)8-6-22)28(21-3-4-21)16-23(19)18-35-12-9-25(10-13-35)36-14-11-30-29(31(36)37)17-26(32(38)39)20(2)34-30/h5,15,19-21,23-26,28,34H,3-4,6-14,16-18H2,1-2H3,(H,38,39)/t19?,20-,23-,24-,26-,28+/m0/s1. The minimum Gasteiger partial charge on any atom is -0.481 e. The number of carbonyl (C=O) groups excluding carboxylic acids is 1. The van der Waals surface area contributed by atoms with E-state index >= 15 is 0 Å². The number of hydrogen-bond donors (Lipinski definition) is 2. The topological polar surface area (TPSA) is 72.9 Å². The van der Waals surface area contributed by atoms with Crippen LogP contribution in [0.5, 0.6) is 0 Å². The fraction of sp³-hybridized carbons (Fsp3) is 0.750. The Kier molecular flexibility index (Phi) is 7.64. The number of nitrogens with zero attached hydrogens (tertiary/aromatic N) is 2. The molecular weight excluding hydrogens is 493 g/mol. The third-order valence-corrected chi connectivity index (χ3v) is 10.8. The molecule has 3 aliphatic heterocycles. The van der Waals surface area contributed by atoms with Crippen molar-refractivity contribution < 1.29 is 19.1 Å². The number of carbonyl (C=O) groups is 2. The number of hydrogen-bond acceptors (Lipinski definition) is 4. The summed E-state index contributed by atoms with van der Waals surface area (Å²) >= 11 is 0. The molecule has 0 aromatic rings. The van der Waals surface area contributed by atoms with E-state index in [4.69, 9.17) is 0 Å². The number of rotatable bonds is 6. The Labute approximate surface area is 232 Å². The maximum absolute atomic E-state index is 13.8. The summed E-state index contributed by atoms with van der Waals surface area (Å²) in [5, 5.41) is 12.9. The molecule has 1 amide bonds. The van der Waals surface area contributed by atoms with E-state index in [0.717, 1.165) is 63.5 Å². The molecule has 214 valence electrons.